The Bertz CT molecular complexity index is 238. The summed E-state index contributed by atoms with van der Waals surface area (Å²) in [5, 5.41) is 0. The maximum Gasteiger partial charge on any atom is 0.186 e. The van der Waals surface area contributed by atoms with Crippen molar-refractivity contribution in [2.45, 2.75) is 12.8 Å². The van der Waals surface area contributed by atoms with Crippen LogP contribution in [0.15, 0.2) is 10.7 Å². The third-order valence-electron chi connectivity index (χ3n) is 1.97. The molecule has 0 aromatic rings. The van der Waals surface area contributed by atoms with Crippen molar-refractivity contribution in [3.8, 4) is 0 Å². The quantitative estimate of drug-likeness (QED) is 0.540. The highest BCUT2D eigenvalue weighted by Crippen LogP contribution is 2.17. The minimum absolute atomic E-state index is 0.153. The number of hydrogen-bond donors (Lipinski definition) is 0. The van der Waals surface area contributed by atoms with Crippen molar-refractivity contribution < 1.29 is 4.79 Å². The van der Waals surface area contributed by atoms with Gasteiger partial charge in [-0.15, -0.1) is 0 Å². The van der Waals surface area contributed by atoms with E-state index in [-0.39, 0.29) is 5.78 Å². The summed E-state index contributed by atoms with van der Waals surface area (Å²) >= 11 is 0. The SMILES string of the molecule is O=C1CC=N[C]=C1N1CCC1. The first kappa shape index (κ1) is 6.58. The Morgan fingerprint density at radius 3 is 2.91 bits per heavy atom. The van der Waals surface area contributed by atoms with Crippen LogP contribution in [-0.2, 0) is 4.79 Å². The van der Waals surface area contributed by atoms with Gasteiger partial charge in [0, 0.05) is 25.7 Å². The molecule has 57 valence electrons. The molecule has 0 spiro atoms. The zero-order chi connectivity index (χ0) is 7.68. The van der Waals surface area contributed by atoms with E-state index in [0.29, 0.717) is 12.1 Å². The van der Waals surface area contributed by atoms with E-state index >= 15 is 0 Å². The summed E-state index contributed by atoms with van der Waals surface area (Å²) in [5.74, 6) is 0.153. The van der Waals surface area contributed by atoms with Crippen LogP contribution >= 0.6 is 0 Å². The van der Waals surface area contributed by atoms with Gasteiger partial charge in [-0.2, -0.15) is 0 Å². The molecule has 0 aromatic heterocycles. The van der Waals surface area contributed by atoms with E-state index in [1.165, 1.54) is 6.42 Å². The minimum atomic E-state index is 0.153. The van der Waals surface area contributed by atoms with Crippen LogP contribution in [0.4, 0.5) is 0 Å². The molecule has 1 saturated heterocycles. The molecule has 0 unspecified atom stereocenters. The number of allylic oxidation sites excluding steroid dienone is 1. The van der Waals surface area contributed by atoms with Gasteiger partial charge in [-0.3, -0.25) is 9.79 Å². The first-order valence-corrected chi connectivity index (χ1v) is 3.80. The van der Waals surface area contributed by atoms with Crippen LogP contribution in [0.5, 0.6) is 0 Å². The van der Waals surface area contributed by atoms with E-state index in [0.717, 1.165) is 13.1 Å². The fourth-order valence-electron chi connectivity index (χ4n) is 1.18. The third-order valence-corrected chi connectivity index (χ3v) is 1.97. The fraction of sp³-hybridized carbons (Fsp3) is 0.500. The summed E-state index contributed by atoms with van der Waals surface area (Å²) in [6, 6.07) is 0. The summed E-state index contributed by atoms with van der Waals surface area (Å²) in [5.41, 5.74) is 0.679. The van der Waals surface area contributed by atoms with Gasteiger partial charge in [0.2, 0.25) is 0 Å². The number of nitrogens with zero attached hydrogens (tertiary/aromatic N) is 2. The normalized spacial score (nSPS) is 23.1. The number of carbonyl (C=O) groups excluding carboxylic acids is 1. The molecule has 2 rings (SSSR count). The van der Waals surface area contributed by atoms with Crippen LogP contribution in [0, 0.1) is 6.20 Å². The second-order valence-corrected chi connectivity index (χ2v) is 2.74. The number of likely N-dealkylation sites (tertiary alicyclic amines) is 1. The lowest BCUT2D eigenvalue weighted by atomic mass is 10.1. The standard InChI is InChI=1S/C8H9N2O/c11-8-2-3-9-6-7(8)10-4-1-5-10/h3H,1-2,4-5H2. The van der Waals surface area contributed by atoms with E-state index in [9.17, 15) is 4.79 Å². The van der Waals surface area contributed by atoms with Crippen molar-refractivity contribution in [2.75, 3.05) is 13.1 Å². The fourth-order valence-corrected chi connectivity index (χ4v) is 1.18. The average molecular weight is 149 g/mol. The second kappa shape index (κ2) is 2.49. The predicted octanol–water partition coefficient (Wildman–Crippen LogP) is 0.380. The largest absolute Gasteiger partial charge is 0.367 e. The van der Waals surface area contributed by atoms with Crippen molar-refractivity contribution in [1.82, 2.24) is 4.90 Å². The molecule has 0 amide bonds. The number of aliphatic imine (C=N–C) groups is 1. The minimum Gasteiger partial charge on any atom is -0.367 e. The Morgan fingerprint density at radius 1 is 1.55 bits per heavy atom. The van der Waals surface area contributed by atoms with Crippen LogP contribution in [0.1, 0.15) is 12.8 Å². The van der Waals surface area contributed by atoms with Crippen LogP contribution in [0.25, 0.3) is 0 Å². The number of carbonyl (C=O) groups is 1. The van der Waals surface area contributed by atoms with Gasteiger partial charge in [0.1, 0.15) is 11.9 Å². The smallest absolute Gasteiger partial charge is 0.186 e. The van der Waals surface area contributed by atoms with Gasteiger partial charge in [0.25, 0.3) is 0 Å². The lowest BCUT2D eigenvalue weighted by Crippen LogP contribution is -2.39. The molecule has 0 atom stereocenters. The molecular formula is C8H9N2O. The van der Waals surface area contributed by atoms with Gasteiger partial charge in [0.05, 0.1) is 0 Å². The molecule has 0 N–H and O–H groups in total. The van der Waals surface area contributed by atoms with Gasteiger partial charge in [-0.05, 0) is 6.42 Å². The summed E-state index contributed by atoms with van der Waals surface area (Å²) in [7, 11) is 0. The van der Waals surface area contributed by atoms with E-state index in [4.69, 9.17) is 0 Å². The lowest BCUT2D eigenvalue weighted by Gasteiger charge is -2.34. The molecule has 0 saturated carbocycles. The lowest BCUT2D eigenvalue weighted by molar-refractivity contribution is -0.116. The van der Waals surface area contributed by atoms with Gasteiger partial charge < -0.3 is 4.90 Å². The van der Waals surface area contributed by atoms with Crippen LogP contribution in [0.3, 0.4) is 0 Å². The molecule has 1 radical (unpaired) electrons. The number of Topliss-reactive ketones (excluding diaryl/α,β-unsaturated/α-hetero) is 1. The molecule has 3 nitrogen and oxygen atoms in total. The van der Waals surface area contributed by atoms with Crippen molar-refractivity contribution in [3.05, 3.63) is 11.9 Å². The molecule has 11 heavy (non-hydrogen) atoms. The Kier molecular flexibility index (Phi) is 1.49. The van der Waals surface area contributed by atoms with Crippen LogP contribution in [-0.4, -0.2) is 30.0 Å². The molecule has 2 aliphatic rings. The summed E-state index contributed by atoms with van der Waals surface area (Å²) in [4.78, 5) is 17.1. The van der Waals surface area contributed by atoms with Crippen molar-refractivity contribution in [1.29, 1.82) is 0 Å². The van der Waals surface area contributed by atoms with Crippen LogP contribution in [0.2, 0.25) is 0 Å². The first-order chi connectivity index (χ1) is 5.38. The first-order valence-electron chi connectivity index (χ1n) is 3.80. The summed E-state index contributed by atoms with van der Waals surface area (Å²) in [6.07, 6.45) is 5.96. The Hall–Kier alpha value is -1.12. The molecule has 0 bridgehead atoms. The molecule has 0 aromatic carbocycles. The molecule has 3 heteroatoms. The molecule has 2 aliphatic heterocycles. The van der Waals surface area contributed by atoms with Crippen molar-refractivity contribution in [2.24, 2.45) is 4.99 Å². The summed E-state index contributed by atoms with van der Waals surface area (Å²) < 4.78 is 0. The van der Waals surface area contributed by atoms with E-state index in [1.54, 1.807) is 6.21 Å². The van der Waals surface area contributed by atoms with Crippen molar-refractivity contribution >= 4 is 12.0 Å². The Labute approximate surface area is 65.4 Å². The predicted molar refractivity (Wildman–Crippen MR) is 41.1 cm³/mol. The van der Waals surface area contributed by atoms with E-state index in [2.05, 4.69) is 11.2 Å². The highest BCUT2D eigenvalue weighted by molar-refractivity contribution is 6.03. The zero-order valence-electron chi connectivity index (χ0n) is 6.21. The highest BCUT2D eigenvalue weighted by Gasteiger charge is 2.23. The highest BCUT2D eigenvalue weighted by atomic mass is 16.1. The maximum atomic E-state index is 11.2. The molecule has 0 aliphatic carbocycles. The monoisotopic (exact) mass is 149 g/mol. The van der Waals surface area contributed by atoms with Crippen molar-refractivity contribution in [3.63, 3.8) is 0 Å². The number of rotatable bonds is 1. The van der Waals surface area contributed by atoms with Gasteiger partial charge in [0.15, 0.2) is 5.78 Å². The van der Waals surface area contributed by atoms with E-state index in [1.807, 2.05) is 4.90 Å². The van der Waals surface area contributed by atoms with Gasteiger partial charge in [-0.25, -0.2) is 0 Å². The average Bonchev–Trinajstić information content (AvgIpc) is 1.90. The number of hydrogen-bond acceptors (Lipinski definition) is 3. The molecule has 2 heterocycles. The Morgan fingerprint density at radius 2 is 2.36 bits per heavy atom. The number of ketones is 1. The zero-order valence-corrected chi connectivity index (χ0v) is 6.21. The Balaban J connectivity index is 2.14. The summed E-state index contributed by atoms with van der Waals surface area (Å²) in [6.45, 7) is 1.98. The van der Waals surface area contributed by atoms with Crippen LogP contribution < -0.4 is 0 Å². The van der Waals surface area contributed by atoms with E-state index < -0.39 is 0 Å². The van der Waals surface area contributed by atoms with Gasteiger partial charge >= 0.3 is 0 Å². The second-order valence-electron chi connectivity index (χ2n) is 2.74. The third kappa shape index (κ3) is 1.06. The molecular weight excluding hydrogens is 140 g/mol. The van der Waals surface area contributed by atoms with Gasteiger partial charge in [-0.1, -0.05) is 0 Å². The topological polar surface area (TPSA) is 32.7 Å². The maximum absolute atomic E-state index is 11.2. The molecule has 1 fully saturated rings.